The van der Waals surface area contributed by atoms with Gasteiger partial charge in [0.1, 0.15) is 11.9 Å². The number of pyridine rings is 1. The molecule has 0 atom stereocenters. The summed E-state index contributed by atoms with van der Waals surface area (Å²) in [4.78, 5) is 15.2. The third-order valence-electron chi connectivity index (χ3n) is 4.56. The SMILES string of the molecule is C=C(CCC)Nc1cnc(-c2cnc(C#N)c(NCC)c2)cn1.C=CN1CCCC1. The molecule has 0 bridgehead atoms. The first-order chi connectivity index (χ1) is 14.6. The van der Waals surface area contributed by atoms with Gasteiger partial charge >= 0.3 is 0 Å². The van der Waals surface area contributed by atoms with Gasteiger partial charge in [-0.25, -0.2) is 9.97 Å². The van der Waals surface area contributed by atoms with E-state index in [0.717, 1.165) is 24.1 Å². The second-order valence-corrected chi connectivity index (χ2v) is 6.95. The first-order valence-electron chi connectivity index (χ1n) is 10.4. The summed E-state index contributed by atoms with van der Waals surface area (Å²) in [6, 6.07) is 3.94. The Balaban J connectivity index is 0.000000386. The number of nitrogens with one attached hydrogen (secondary N) is 2. The molecule has 2 aromatic heterocycles. The zero-order valence-electron chi connectivity index (χ0n) is 18.0. The number of rotatable bonds is 8. The molecule has 0 amide bonds. The molecular formula is C23H31N7. The lowest BCUT2D eigenvalue weighted by molar-refractivity contribution is 0.469. The molecule has 3 rings (SSSR count). The fourth-order valence-electron chi connectivity index (χ4n) is 3.03. The number of allylic oxidation sites excluding steroid dienone is 1. The highest BCUT2D eigenvalue weighted by Gasteiger charge is 2.08. The number of nitrogens with zero attached hydrogens (tertiary/aromatic N) is 5. The standard InChI is InChI=1S/C17H20N6.C6H11N/c1-4-6-12(3)23-17-11-21-16(10-22-17)13-7-14(19-5-2)15(8-18)20-9-13;1-2-7-5-3-4-6-7/h7,9-11,19H,3-6H2,1-2H3,(H,22,23);2H,1,3-6H2. The van der Waals surface area contributed by atoms with E-state index in [1.54, 1.807) is 18.6 Å². The smallest absolute Gasteiger partial charge is 0.163 e. The van der Waals surface area contributed by atoms with Crippen LogP contribution in [0.4, 0.5) is 11.5 Å². The number of aromatic nitrogens is 3. The maximum Gasteiger partial charge on any atom is 0.163 e. The Morgan fingerprint density at radius 3 is 2.50 bits per heavy atom. The predicted molar refractivity (Wildman–Crippen MR) is 123 cm³/mol. The molecule has 158 valence electrons. The van der Waals surface area contributed by atoms with Crippen molar-refractivity contribution in [2.45, 2.75) is 39.5 Å². The van der Waals surface area contributed by atoms with E-state index in [1.807, 2.05) is 19.2 Å². The summed E-state index contributed by atoms with van der Waals surface area (Å²) in [5.74, 6) is 0.667. The van der Waals surface area contributed by atoms with Crippen molar-refractivity contribution in [3.8, 4) is 17.3 Å². The van der Waals surface area contributed by atoms with E-state index >= 15 is 0 Å². The van der Waals surface area contributed by atoms with Crippen molar-refractivity contribution in [3.63, 3.8) is 0 Å². The van der Waals surface area contributed by atoms with Crippen molar-refractivity contribution >= 4 is 11.5 Å². The topological polar surface area (TPSA) is 89.8 Å². The van der Waals surface area contributed by atoms with Gasteiger partial charge in [-0.15, -0.1) is 0 Å². The monoisotopic (exact) mass is 405 g/mol. The van der Waals surface area contributed by atoms with Crippen LogP contribution in [0.25, 0.3) is 11.3 Å². The lowest BCUT2D eigenvalue weighted by atomic mass is 10.1. The number of likely N-dealkylation sites (tertiary alicyclic amines) is 1. The average molecular weight is 406 g/mol. The van der Waals surface area contributed by atoms with Gasteiger partial charge in [-0.3, -0.25) is 4.98 Å². The van der Waals surface area contributed by atoms with Crippen molar-refractivity contribution < 1.29 is 0 Å². The molecular weight excluding hydrogens is 374 g/mol. The first-order valence-corrected chi connectivity index (χ1v) is 10.4. The van der Waals surface area contributed by atoms with Crippen LogP contribution in [0.15, 0.2) is 49.7 Å². The number of hydrogen-bond donors (Lipinski definition) is 2. The molecule has 7 heteroatoms. The van der Waals surface area contributed by atoms with Crippen LogP contribution in [-0.4, -0.2) is 39.5 Å². The van der Waals surface area contributed by atoms with Gasteiger partial charge in [0.05, 0.1) is 23.8 Å². The highest BCUT2D eigenvalue weighted by Crippen LogP contribution is 2.22. The van der Waals surface area contributed by atoms with E-state index in [-0.39, 0.29) is 0 Å². The maximum atomic E-state index is 9.07. The molecule has 0 aromatic carbocycles. The van der Waals surface area contributed by atoms with Crippen LogP contribution in [0.1, 0.15) is 45.2 Å². The summed E-state index contributed by atoms with van der Waals surface area (Å²) in [5.41, 5.74) is 3.51. The van der Waals surface area contributed by atoms with E-state index in [2.05, 4.69) is 56.6 Å². The fraction of sp³-hybridized carbons (Fsp3) is 0.391. The summed E-state index contributed by atoms with van der Waals surface area (Å²) >= 11 is 0. The van der Waals surface area contributed by atoms with Crippen LogP contribution in [0.2, 0.25) is 0 Å². The summed E-state index contributed by atoms with van der Waals surface area (Å²) in [5, 5.41) is 15.3. The number of anilines is 2. The number of hydrogen-bond acceptors (Lipinski definition) is 7. The highest BCUT2D eigenvalue weighted by atomic mass is 15.1. The molecule has 0 radical (unpaired) electrons. The summed E-state index contributed by atoms with van der Waals surface area (Å²) in [6.07, 6.45) is 11.5. The van der Waals surface area contributed by atoms with Gasteiger partial charge in [0, 0.05) is 37.1 Å². The van der Waals surface area contributed by atoms with Crippen molar-refractivity contribution in [2.24, 2.45) is 0 Å². The first kappa shape index (κ1) is 22.9. The van der Waals surface area contributed by atoms with Crippen LogP contribution < -0.4 is 10.6 Å². The Hall–Kier alpha value is -3.40. The Morgan fingerprint density at radius 1 is 1.20 bits per heavy atom. The molecule has 1 aliphatic heterocycles. The van der Waals surface area contributed by atoms with E-state index in [0.29, 0.717) is 29.4 Å². The minimum Gasteiger partial charge on any atom is -0.383 e. The lowest BCUT2D eigenvalue weighted by Gasteiger charge is -2.09. The Bertz CT molecular complexity index is 862. The molecule has 0 spiro atoms. The molecule has 2 N–H and O–H groups in total. The molecule has 0 unspecified atom stereocenters. The predicted octanol–water partition coefficient (Wildman–Crippen LogP) is 4.79. The second-order valence-electron chi connectivity index (χ2n) is 6.95. The normalized spacial score (nSPS) is 12.4. The van der Waals surface area contributed by atoms with Crippen LogP contribution in [0, 0.1) is 11.3 Å². The molecule has 7 nitrogen and oxygen atoms in total. The van der Waals surface area contributed by atoms with E-state index in [9.17, 15) is 0 Å². The average Bonchev–Trinajstić information content (AvgIpc) is 3.29. The fourth-order valence-corrected chi connectivity index (χ4v) is 3.03. The van der Waals surface area contributed by atoms with Crippen molar-refractivity contribution in [1.29, 1.82) is 5.26 Å². The van der Waals surface area contributed by atoms with Crippen molar-refractivity contribution in [3.05, 3.63) is 55.4 Å². The molecule has 2 aromatic rings. The van der Waals surface area contributed by atoms with Gasteiger partial charge in [-0.2, -0.15) is 5.26 Å². The van der Waals surface area contributed by atoms with Crippen LogP contribution in [0.3, 0.4) is 0 Å². The Morgan fingerprint density at radius 2 is 1.97 bits per heavy atom. The molecule has 1 saturated heterocycles. The highest BCUT2D eigenvalue weighted by molar-refractivity contribution is 5.67. The van der Waals surface area contributed by atoms with E-state index in [1.165, 1.54) is 25.9 Å². The van der Waals surface area contributed by atoms with Gasteiger partial charge in [0.15, 0.2) is 5.69 Å². The molecule has 0 saturated carbocycles. The Kier molecular flexibility index (Phi) is 9.32. The minimum absolute atomic E-state index is 0.373. The van der Waals surface area contributed by atoms with E-state index < -0.39 is 0 Å². The van der Waals surface area contributed by atoms with Crippen LogP contribution in [-0.2, 0) is 0 Å². The molecule has 1 aliphatic rings. The molecule has 1 fully saturated rings. The van der Waals surface area contributed by atoms with Gasteiger partial charge in [-0.05, 0) is 38.5 Å². The van der Waals surface area contributed by atoms with Gasteiger partial charge in [0.25, 0.3) is 0 Å². The third-order valence-corrected chi connectivity index (χ3v) is 4.56. The minimum atomic E-state index is 0.373. The van der Waals surface area contributed by atoms with Gasteiger partial charge in [-0.1, -0.05) is 26.5 Å². The maximum absolute atomic E-state index is 9.07. The zero-order valence-corrected chi connectivity index (χ0v) is 18.0. The summed E-state index contributed by atoms with van der Waals surface area (Å²) < 4.78 is 0. The van der Waals surface area contributed by atoms with Crippen LogP contribution in [0.5, 0.6) is 0 Å². The molecule has 30 heavy (non-hydrogen) atoms. The molecule has 3 heterocycles. The quantitative estimate of drug-likeness (QED) is 0.652. The van der Waals surface area contributed by atoms with E-state index in [4.69, 9.17) is 5.26 Å². The molecule has 0 aliphatic carbocycles. The zero-order chi connectivity index (χ0) is 21.8. The van der Waals surface area contributed by atoms with Crippen molar-refractivity contribution in [2.75, 3.05) is 30.3 Å². The second kappa shape index (κ2) is 12.2. The number of nitriles is 1. The summed E-state index contributed by atoms with van der Waals surface area (Å²) in [7, 11) is 0. The van der Waals surface area contributed by atoms with Gasteiger partial charge in [0.2, 0.25) is 0 Å². The lowest BCUT2D eigenvalue weighted by Crippen LogP contribution is -2.08. The Labute approximate surface area is 179 Å². The largest absolute Gasteiger partial charge is 0.383 e. The van der Waals surface area contributed by atoms with Crippen LogP contribution >= 0.6 is 0 Å². The third kappa shape index (κ3) is 6.89. The van der Waals surface area contributed by atoms with Gasteiger partial charge < -0.3 is 15.5 Å². The van der Waals surface area contributed by atoms with Crippen molar-refractivity contribution in [1.82, 2.24) is 19.9 Å². The summed E-state index contributed by atoms with van der Waals surface area (Å²) in [6.45, 7) is 14.8.